The van der Waals surface area contributed by atoms with E-state index in [0.29, 0.717) is 18.0 Å². The molecule has 0 aliphatic carbocycles. The van der Waals surface area contributed by atoms with E-state index in [1.807, 2.05) is 6.07 Å². The highest BCUT2D eigenvalue weighted by atomic mass is 79.9. The number of alkyl halides is 1. The van der Waals surface area contributed by atoms with Gasteiger partial charge in [-0.2, -0.15) is 0 Å². The van der Waals surface area contributed by atoms with Gasteiger partial charge in [0.25, 0.3) is 0 Å². The summed E-state index contributed by atoms with van der Waals surface area (Å²) in [5.41, 5.74) is 0.511. The second kappa shape index (κ2) is 7.66. The quantitative estimate of drug-likeness (QED) is 0.566. The van der Waals surface area contributed by atoms with Crippen LogP contribution in [0.1, 0.15) is 29.6 Å². The number of ether oxygens (including phenoxy) is 2. The first-order chi connectivity index (χ1) is 11.7. The number of carbonyl (C=O) groups is 2. The van der Waals surface area contributed by atoms with Crippen LogP contribution >= 0.6 is 15.9 Å². The number of fused-ring (bicyclic) bond motifs is 2. The highest BCUT2D eigenvalue weighted by molar-refractivity contribution is 9.09. The zero-order valence-electron chi connectivity index (χ0n) is 13.7. The minimum Gasteiger partial charge on any atom is -0.469 e. The molecule has 1 aromatic rings. The van der Waals surface area contributed by atoms with Gasteiger partial charge >= 0.3 is 11.9 Å². The Kier molecular flexibility index (Phi) is 5.56. The van der Waals surface area contributed by atoms with Crippen molar-refractivity contribution in [3.63, 3.8) is 0 Å². The molecular formula is C18H22BrNO4. The Balaban J connectivity index is 1.79. The van der Waals surface area contributed by atoms with E-state index < -0.39 is 12.0 Å². The predicted octanol–water partition coefficient (Wildman–Crippen LogP) is 2.63. The maximum absolute atomic E-state index is 12.4. The number of nitrogens with zero attached hydrogens (tertiary/aromatic N) is 1. The van der Waals surface area contributed by atoms with Gasteiger partial charge in [0, 0.05) is 30.4 Å². The number of benzene rings is 1. The van der Waals surface area contributed by atoms with Crippen molar-refractivity contribution in [3.8, 4) is 0 Å². The molecule has 0 saturated carbocycles. The lowest BCUT2D eigenvalue weighted by molar-refractivity contribution is -0.156. The molecule has 24 heavy (non-hydrogen) atoms. The SMILES string of the molecule is COC(=O)[C@H]1[C@@H](OC(=O)c2ccccc2)C[C@@H]2CC[C@H]1N2CCBr. The first-order valence-corrected chi connectivity index (χ1v) is 9.43. The highest BCUT2D eigenvalue weighted by Gasteiger charge is 2.51. The molecule has 5 nitrogen and oxygen atoms in total. The minimum absolute atomic E-state index is 0.0855. The van der Waals surface area contributed by atoms with E-state index in [9.17, 15) is 9.59 Å². The van der Waals surface area contributed by atoms with E-state index in [1.54, 1.807) is 24.3 Å². The van der Waals surface area contributed by atoms with Crippen molar-refractivity contribution in [1.82, 2.24) is 4.90 Å². The van der Waals surface area contributed by atoms with Crippen molar-refractivity contribution in [1.29, 1.82) is 0 Å². The number of rotatable bonds is 5. The molecule has 0 aromatic heterocycles. The van der Waals surface area contributed by atoms with Crippen molar-refractivity contribution >= 4 is 27.9 Å². The van der Waals surface area contributed by atoms with Crippen LogP contribution in [0.5, 0.6) is 0 Å². The largest absolute Gasteiger partial charge is 0.469 e. The van der Waals surface area contributed by atoms with Crippen molar-refractivity contribution < 1.29 is 19.1 Å². The predicted molar refractivity (Wildman–Crippen MR) is 93.1 cm³/mol. The first kappa shape index (κ1) is 17.4. The molecule has 1 aromatic carbocycles. The molecule has 2 aliphatic heterocycles. The second-order valence-electron chi connectivity index (χ2n) is 6.32. The van der Waals surface area contributed by atoms with Gasteiger partial charge in [-0.3, -0.25) is 9.69 Å². The van der Waals surface area contributed by atoms with Gasteiger partial charge in [-0.25, -0.2) is 4.79 Å². The smallest absolute Gasteiger partial charge is 0.338 e. The molecule has 2 bridgehead atoms. The first-order valence-electron chi connectivity index (χ1n) is 8.31. The van der Waals surface area contributed by atoms with Crippen molar-refractivity contribution in [3.05, 3.63) is 35.9 Å². The fourth-order valence-corrected chi connectivity index (χ4v) is 4.47. The Hall–Kier alpha value is -1.40. The molecule has 6 heteroatoms. The topological polar surface area (TPSA) is 55.8 Å². The summed E-state index contributed by atoms with van der Waals surface area (Å²) >= 11 is 3.48. The standard InChI is InChI=1S/C18H22BrNO4/c1-23-18(22)16-14-8-7-13(20(14)10-9-19)11-15(16)24-17(21)12-5-3-2-4-6-12/h2-6,13-16H,7-11H2,1H3/t13-,14+,15-,16+/m0/s1. The van der Waals surface area contributed by atoms with Crippen molar-refractivity contribution in [2.75, 3.05) is 19.0 Å². The molecule has 2 saturated heterocycles. The molecular weight excluding hydrogens is 374 g/mol. The zero-order chi connectivity index (χ0) is 17.1. The molecule has 3 rings (SSSR count). The zero-order valence-corrected chi connectivity index (χ0v) is 15.3. The molecule has 0 spiro atoms. The van der Waals surface area contributed by atoms with Crippen LogP contribution in [0.4, 0.5) is 0 Å². The third-order valence-electron chi connectivity index (χ3n) is 5.09. The van der Waals surface area contributed by atoms with Gasteiger partial charge in [0.05, 0.1) is 12.7 Å². The number of halogens is 1. The Morgan fingerprint density at radius 2 is 2.00 bits per heavy atom. The van der Waals surface area contributed by atoms with Crippen LogP contribution in [0.15, 0.2) is 30.3 Å². The maximum Gasteiger partial charge on any atom is 0.338 e. The number of methoxy groups -OCH3 is 1. The van der Waals surface area contributed by atoms with E-state index in [1.165, 1.54) is 7.11 Å². The van der Waals surface area contributed by atoms with Crippen LogP contribution in [0.25, 0.3) is 0 Å². The molecule has 130 valence electrons. The summed E-state index contributed by atoms with van der Waals surface area (Å²) in [5.74, 6) is -1.07. The van der Waals surface area contributed by atoms with Gasteiger partial charge in [0.2, 0.25) is 0 Å². The van der Waals surface area contributed by atoms with E-state index >= 15 is 0 Å². The average molecular weight is 396 g/mol. The number of esters is 2. The van der Waals surface area contributed by atoms with E-state index in [0.717, 1.165) is 24.7 Å². The molecule has 2 aliphatic rings. The van der Waals surface area contributed by atoms with Crippen LogP contribution in [0.2, 0.25) is 0 Å². The Bertz CT molecular complexity index is 594. The van der Waals surface area contributed by atoms with Gasteiger partial charge in [-0.1, -0.05) is 34.1 Å². The minimum atomic E-state index is -0.422. The highest BCUT2D eigenvalue weighted by Crippen LogP contribution is 2.41. The lowest BCUT2D eigenvalue weighted by Gasteiger charge is -2.42. The summed E-state index contributed by atoms with van der Waals surface area (Å²) in [6.45, 7) is 0.891. The normalized spacial score (nSPS) is 29.2. The molecule has 2 heterocycles. The summed E-state index contributed by atoms with van der Waals surface area (Å²) in [6.07, 6.45) is 2.23. The second-order valence-corrected chi connectivity index (χ2v) is 7.11. The van der Waals surface area contributed by atoms with E-state index in [2.05, 4.69) is 20.8 Å². The van der Waals surface area contributed by atoms with Crippen LogP contribution in [-0.4, -0.2) is 54.0 Å². The van der Waals surface area contributed by atoms with E-state index in [4.69, 9.17) is 9.47 Å². The Morgan fingerprint density at radius 1 is 1.25 bits per heavy atom. The molecule has 0 unspecified atom stereocenters. The molecule has 0 amide bonds. The lowest BCUT2D eigenvalue weighted by Crippen LogP contribution is -2.55. The van der Waals surface area contributed by atoms with E-state index in [-0.39, 0.29) is 18.0 Å². The summed E-state index contributed by atoms with van der Waals surface area (Å²) in [6, 6.07) is 9.36. The summed E-state index contributed by atoms with van der Waals surface area (Å²) in [4.78, 5) is 27.2. The van der Waals surface area contributed by atoms with Crippen LogP contribution in [0, 0.1) is 5.92 Å². The number of carbonyl (C=O) groups excluding carboxylic acids is 2. The Labute approximate surface area is 150 Å². The maximum atomic E-state index is 12.4. The monoisotopic (exact) mass is 395 g/mol. The summed E-state index contributed by atoms with van der Waals surface area (Å²) in [5, 5.41) is 0.863. The summed E-state index contributed by atoms with van der Waals surface area (Å²) in [7, 11) is 1.40. The average Bonchev–Trinajstić information content (AvgIpc) is 2.88. The van der Waals surface area contributed by atoms with Crippen molar-refractivity contribution in [2.24, 2.45) is 5.92 Å². The fourth-order valence-electron chi connectivity index (χ4n) is 4.06. The van der Waals surface area contributed by atoms with Gasteiger partial charge in [-0.05, 0) is 25.0 Å². The van der Waals surface area contributed by atoms with Gasteiger partial charge in [0.15, 0.2) is 0 Å². The fraction of sp³-hybridized carbons (Fsp3) is 0.556. The van der Waals surface area contributed by atoms with Crippen LogP contribution in [0.3, 0.4) is 0 Å². The third-order valence-corrected chi connectivity index (χ3v) is 5.45. The number of piperidine rings is 1. The number of hydrogen-bond acceptors (Lipinski definition) is 5. The van der Waals surface area contributed by atoms with Gasteiger partial charge < -0.3 is 9.47 Å². The Morgan fingerprint density at radius 3 is 2.67 bits per heavy atom. The van der Waals surface area contributed by atoms with Gasteiger partial charge in [0.1, 0.15) is 12.0 Å². The molecule has 4 atom stereocenters. The van der Waals surface area contributed by atoms with Crippen LogP contribution in [-0.2, 0) is 14.3 Å². The third kappa shape index (κ3) is 3.35. The van der Waals surface area contributed by atoms with Crippen LogP contribution < -0.4 is 0 Å². The lowest BCUT2D eigenvalue weighted by atomic mass is 9.87. The molecule has 2 fully saturated rings. The molecule has 0 radical (unpaired) electrons. The van der Waals surface area contributed by atoms with Gasteiger partial charge in [-0.15, -0.1) is 0 Å². The molecule has 0 N–H and O–H groups in total. The van der Waals surface area contributed by atoms with Crippen molar-refractivity contribution in [2.45, 2.75) is 37.5 Å². The summed E-state index contributed by atoms with van der Waals surface area (Å²) < 4.78 is 10.8. The number of hydrogen-bond donors (Lipinski definition) is 0.